The normalized spacial score (nSPS) is 23.6. The maximum atomic E-state index is 12.2. The van der Waals surface area contributed by atoms with Crippen molar-refractivity contribution in [1.29, 1.82) is 0 Å². The molecule has 2 aliphatic heterocycles. The number of hydrogen-bond acceptors (Lipinski definition) is 5. The van der Waals surface area contributed by atoms with Crippen LogP contribution in [-0.4, -0.2) is 60.8 Å². The molecule has 2 rings (SSSR count). The molecule has 0 bridgehead atoms. The number of nitrogens with zero attached hydrogens (tertiary/aromatic N) is 2. The number of carbonyl (C=O) groups is 2. The van der Waals surface area contributed by atoms with Crippen molar-refractivity contribution in [3.8, 4) is 0 Å². The van der Waals surface area contributed by atoms with E-state index in [0.29, 0.717) is 13.2 Å². The summed E-state index contributed by atoms with van der Waals surface area (Å²) < 4.78 is 22.8. The molecular formula is C9H14ClN2O5P. The fraction of sp³-hybridized carbons (Fsp3) is 0.778. The molecule has 102 valence electrons. The molecule has 2 aliphatic rings. The summed E-state index contributed by atoms with van der Waals surface area (Å²) in [6.07, 6.45) is -0.306. The summed E-state index contributed by atoms with van der Waals surface area (Å²) in [5.74, 6) is 0. The topological polar surface area (TPSA) is 76.2 Å². The van der Waals surface area contributed by atoms with Crippen LogP contribution in [0.4, 0.5) is 9.59 Å². The first kappa shape index (κ1) is 13.5. The molecule has 9 heteroatoms. The molecule has 2 fully saturated rings. The SMILES string of the molecule is O=C1OCCCN1CCP(=O)(Cl)N1CCOC1=O. The van der Waals surface area contributed by atoms with Crippen molar-refractivity contribution in [2.75, 3.05) is 39.0 Å². The van der Waals surface area contributed by atoms with Crippen LogP contribution in [0.1, 0.15) is 6.42 Å². The molecule has 18 heavy (non-hydrogen) atoms. The molecule has 0 saturated carbocycles. The third kappa shape index (κ3) is 2.90. The highest BCUT2D eigenvalue weighted by Crippen LogP contribution is 2.55. The molecule has 2 amide bonds. The zero-order valence-corrected chi connectivity index (χ0v) is 11.4. The van der Waals surface area contributed by atoms with Gasteiger partial charge in [-0.2, -0.15) is 0 Å². The van der Waals surface area contributed by atoms with Gasteiger partial charge < -0.3 is 14.4 Å². The second-order valence-corrected chi connectivity index (χ2v) is 7.78. The molecule has 7 nitrogen and oxygen atoms in total. The summed E-state index contributed by atoms with van der Waals surface area (Å²) in [6.45, 7) is -1.71. The Balaban J connectivity index is 1.90. The molecule has 0 aromatic carbocycles. The first-order chi connectivity index (χ1) is 8.50. The van der Waals surface area contributed by atoms with Crippen molar-refractivity contribution in [2.45, 2.75) is 6.42 Å². The van der Waals surface area contributed by atoms with Crippen molar-refractivity contribution in [2.24, 2.45) is 0 Å². The number of cyclic esters (lactones) is 2. The Morgan fingerprint density at radius 2 is 1.89 bits per heavy atom. The van der Waals surface area contributed by atoms with Gasteiger partial charge in [-0.15, -0.1) is 0 Å². The predicted molar refractivity (Wildman–Crippen MR) is 63.9 cm³/mol. The van der Waals surface area contributed by atoms with Gasteiger partial charge in [-0.3, -0.25) is 4.57 Å². The van der Waals surface area contributed by atoms with Crippen molar-refractivity contribution >= 4 is 30.1 Å². The molecule has 1 unspecified atom stereocenters. The monoisotopic (exact) mass is 296 g/mol. The minimum atomic E-state index is -3.31. The molecular weight excluding hydrogens is 283 g/mol. The Hall–Kier alpha value is -0.940. The second-order valence-electron chi connectivity index (χ2n) is 4.03. The first-order valence-electron chi connectivity index (χ1n) is 5.66. The number of carbonyl (C=O) groups excluding carboxylic acids is 2. The highest BCUT2D eigenvalue weighted by Gasteiger charge is 2.38. The zero-order valence-electron chi connectivity index (χ0n) is 9.71. The van der Waals surface area contributed by atoms with Crippen LogP contribution in [0.2, 0.25) is 0 Å². The van der Waals surface area contributed by atoms with Crippen LogP contribution < -0.4 is 0 Å². The van der Waals surface area contributed by atoms with Crippen LogP contribution in [0.25, 0.3) is 0 Å². The van der Waals surface area contributed by atoms with Crippen LogP contribution in [0.5, 0.6) is 0 Å². The summed E-state index contributed by atoms with van der Waals surface area (Å²) in [6, 6.07) is 0. The lowest BCUT2D eigenvalue weighted by molar-refractivity contribution is 0.0754. The van der Waals surface area contributed by atoms with E-state index in [-0.39, 0.29) is 25.9 Å². The largest absolute Gasteiger partial charge is 0.449 e. The van der Waals surface area contributed by atoms with Crippen molar-refractivity contribution in [3.63, 3.8) is 0 Å². The molecule has 0 aliphatic carbocycles. The van der Waals surface area contributed by atoms with Crippen LogP contribution in [0.15, 0.2) is 0 Å². The molecule has 0 aromatic heterocycles. The lowest BCUT2D eigenvalue weighted by atomic mass is 10.4. The number of ether oxygens (including phenoxy) is 2. The molecule has 0 N–H and O–H groups in total. The summed E-state index contributed by atoms with van der Waals surface area (Å²) in [5.41, 5.74) is 0. The van der Waals surface area contributed by atoms with E-state index in [1.807, 2.05) is 0 Å². The summed E-state index contributed by atoms with van der Waals surface area (Å²) in [4.78, 5) is 24.1. The Bertz CT molecular complexity index is 404. The predicted octanol–water partition coefficient (Wildman–Crippen LogP) is 1.71. The maximum Gasteiger partial charge on any atom is 0.416 e. The Kier molecular flexibility index (Phi) is 4.02. The second kappa shape index (κ2) is 5.36. The summed E-state index contributed by atoms with van der Waals surface area (Å²) in [7, 11) is 0. The first-order valence-corrected chi connectivity index (χ1v) is 8.41. The van der Waals surface area contributed by atoms with Gasteiger partial charge in [0.05, 0.1) is 19.3 Å². The third-order valence-corrected chi connectivity index (χ3v) is 5.69. The molecule has 2 heterocycles. The molecule has 2 saturated heterocycles. The van der Waals surface area contributed by atoms with E-state index in [0.717, 1.165) is 11.1 Å². The highest BCUT2D eigenvalue weighted by atomic mass is 35.7. The van der Waals surface area contributed by atoms with Crippen LogP contribution >= 0.6 is 17.9 Å². The van der Waals surface area contributed by atoms with Crippen LogP contribution in [0, 0.1) is 0 Å². The lowest BCUT2D eigenvalue weighted by Crippen LogP contribution is -2.39. The smallest absolute Gasteiger partial charge is 0.416 e. The fourth-order valence-corrected chi connectivity index (χ4v) is 3.87. The van der Waals surface area contributed by atoms with Gasteiger partial charge in [0.25, 0.3) is 6.65 Å². The molecule has 1 atom stereocenters. The van der Waals surface area contributed by atoms with E-state index in [1.165, 1.54) is 4.90 Å². The van der Waals surface area contributed by atoms with Crippen LogP contribution in [-0.2, 0) is 14.0 Å². The van der Waals surface area contributed by atoms with Crippen LogP contribution in [0.3, 0.4) is 0 Å². The Morgan fingerprint density at radius 3 is 2.50 bits per heavy atom. The average Bonchev–Trinajstić information content (AvgIpc) is 2.75. The van der Waals surface area contributed by atoms with Gasteiger partial charge in [0.2, 0.25) is 0 Å². The van der Waals surface area contributed by atoms with Gasteiger partial charge in [0.1, 0.15) is 6.61 Å². The summed E-state index contributed by atoms with van der Waals surface area (Å²) in [5, 5.41) is 0. The van der Waals surface area contributed by atoms with Gasteiger partial charge >= 0.3 is 12.2 Å². The number of rotatable bonds is 4. The number of hydrogen-bond donors (Lipinski definition) is 0. The molecule has 0 radical (unpaired) electrons. The Morgan fingerprint density at radius 1 is 1.17 bits per heavy atom. The standard InChI is InChI=1S/C9H14ClN2O5P/c10-18(15,12-3-6-17-9(12)14)7-4-11-2-1-5-16-8(11)13/h1-7H2. The highest BCUT2D eigenvalue weighted by molar-refractivity contribution is 7.87. The van der Waals surface area contributed by atoms with Crippen molar-refractivity contribution < 1.29 is 23.6 Å². The third-order valence-electron chi connectivity index (χ3n) is 2.80. The van der Waals surface area contributed by atoms with E-state index < -0.39 is 18.8 Å². The molecule has 0 aromatic rings. The van der Waals surface area contributed by atoms with Gasteiger partial charge in [0.15, 0.2) is 0 Å². The minimum absolute atomic E-state index is 0.0404. The van der Waals surface area contributed by atoms with Crippen molar-refractivity contribution in [1.82, 2.24) is 9.57 Å². The fourth-order valence-electron chi connectivity index (χ4n) is 1.82. The Labute approximate surface area is 109 Å². The lowest BCUT2D eigenvalue weighted by Gasteiger charge is -2.28. The van der Waals surface area contributed by atoms with Crippen molar-refractivity contribution in [3.05, 3.63) is 0 Å². The van der Waals surface area contributed by atoms with E-state index in [9.17, 15) is 14.2 Å². The maximum absolute atomic E-state index is 12.2. The van der Waals surface area contributed by atoms with Gasteiger partial charge in [-0.1, -0.05) is 0 Å². The van der Waals surface area contributed by atoms with E-state index >= 15 is 0 Å². The van der Waals surface area contributed by atoms with E-state index in [4.69, 9.17) is 16.0 Å². The number of amides is 2. The average molecular weight is 297 g/mol. The van der Waals surface area contributed by atoms with Gasteiger partial charge in [0, 0.05) is 13.1 Å². The van der Waals surface area contributed by atoms with Gasteiger partial charge in [-0.05, 0) is 17.7 Å². The van der Waals surface area contributed by atoms with E-state index in [2.05, 4.69) is 4.74 Å². The quantitative estimate of drug-likeness (QED) is 0.738. The zero-order chi connectivity index (χ0) is 13.2. The summed E-state index contributed by atoms with van der Waals surface area (Å²) >= 11 is 5.91. The minimum Gasteiger partial charge on any atom is -0.449 e. The number of halogens is 1. The van der Waals surface area contributed by atoms with E-state index in [1.54, 1.807) is 0 Å². The molecule has 0 spiro atoms. The van der Waals surface area contributed by atoms with Gasteiger partial charge in [-0.25, -0.2) is 14.3 Å².